The van der Waals surface area contributed by atoms with E-state index in [1.165, 1.54) is 23.9 Å². The Bertz CT molecular complexity index is 583. The summed E-state index contributed by atoms with van der Waals surface area (Å²) in [5.74, 6) is -0.599. The number of aryl methyl sites for hydroxylation is 1. The Balaban J connectivity index is 2.34. The molecule has 0 aliphatic carbocycles. The largest absolute Gasteiger partial charge is 0.384 e. The van der Waals surface area contributed by atoms with Gasteiger partial charge in [-0.1, -0.05) is 0 Å². The quantitative estimate of drug-likeness (QED) is 0.506. The molecule has 3 N–H and O–H groups in total. The molecule has 6 heteroatoms. The molecule has 1 aromatic heterocycles. The molecule has 92 valence electrons. The summed E-state index contributed by atoms with van der Waals surface area (Å²) in [6, 6.07) is 4.13. The number of nitrogens with one attached hydrogen (secondary N) is 1. The molecule has 0 aliphatic rings. The fraction of sp³-hybridized carbons (Fsp3) is 0.0833. The van der Waals surface area contributed by atoms with E-state index in [0.29, 0.717) is 15.6 Å². The zero-order chi connectivity index (χ0) is 13.1. The molecule has 0 atom stereocenters. The Kier molecular flexibility index (Phi) is 3.57. The van der Waals surface area contributed by atoms with Gasteiger partial charge in [-0.2, -0.15) is 0 Å². The molecule has 18 heavy (non-hydrogen) atoms. The second kappa shape index (κ2) is 5.14. The van der Waals surface area contributed by atoms with E-state index in [2.05, 4.69) is 9.97 Å². The summed E-state index contributed by atoms with van der Waals surface area (Å²) in [5.41, 5.74) is 6.74. The molecule has 0 fully saturated rings. The van der Waals surface area contributed by atoms with Crippen LogP contribution in [0.25, 0.3) is 0 Å². The van der Waals surface area contributed by atoms with Gasteiger partial charge in [0.15, 0.2) is 5.16 Å². The third-order valence-electron chi connectivity index (χ3n) is 2.19. The van der Waals surface area contributed by atoms with E-state index < -0.39 is 5.82 Å². The monoisotopic (exact) mass is 262 g/mol. The summed E-state index contributed by atoms with van der Waals surface area (Å²) < 4.78 is 13.1. The number of nitrogens with two attached hydrogens (primary N) is 1. The van der Waals surface area contributed by atoms with Crippen molar-refractivity contribution in [3.05, 3.63) is 47.5 Å². The molecule has 0 aliphatic heterocycles. The van der Waals surface area contributed by atoms with E-state index in [-0.39, 0.29) is 5.84 Å². The predicted octanol–water partition coefficient (Wildman–Crippen LogP) is 2.36. The zero-order valence-corrected chi connectivity index (χ0v) is 10.5. The summed E-state index contributed by atoms with van der Waals surface area (Å²) in [6.45, 7) is 1.90. The van der Waals surface area contributed by atoms with Crippen molar-refractivity contribution in [3.8, 4) is 0 Å². The highest BCUT2D eigenvalue weighted by molar-refractivity contribution is 7.99. The minimum atomic E-state index is -0.422. The molecule has 1 aromatic carbocycles. The Hall–Kier alpha value is -1.95. The third-order valence-corrected chi connectivity index (χ3v) is 3.16. The summed E-state index contributed by atoms with van der Waals surface area (Å²) in [4.78, 5) is 8.95. The maximum absolute atomic E-state index is 13.1. The van der Waals surface area contributed by atoms with Crippen LogP contribution in [0.4, 0.5) is 4.39 Å². The predicted molar refractivity (Wildman–Crippen MR) is 68.3 cm³/mol. The van der Waals surface area contributed by atoms with Gasteiger partial charge in [0.1, 0.15) is 11.7 Å². The molecule has 0 radical (unpaired) electrons. The minimum Gasteiger partial charge on any atom is -0.384 e. The molecule has 2 rings (SSSR count). The van der Waals surface area contributed by atoms with Crippen LogP contribution >= 0.6 is 11.8 Å². The van der Waals surface area contributed by atoms with Crippen LogP contribution in [-0.2, 0) is 0 Å². The van der Waals surface area contributed by atoms with Crippen molar-refractivity contribution in [3.63, 3.8) is 0 Å². The highest BCUT2D eigenvalue weighted by Gasteiger charge is 2.09. The van der Waals surface area contributed by atoms with Gasteiger partial charge in [-0.15, -0.1) is 0 Å². The lowest BCUT2D eigenvalue weighted by Crippen LogP contribution is -2.12. The fourth-order valence-electron chi connectivity index (χ4n) is 1.33. The molecule has 0 amide bonds. The van der Waals surface area contributed by atoms with Crippen molar-refractivity contribution < 1.29 is 4.39 Å². The number of aromatic nitrogens is 2. The standard InChI is InChI=1S/C12H11FN4S/c1-7-5-16-12(17-6-7)18-10-3-2-8(13)4-9(10)11(14)15/h2-6H,1H3,(H3,14,15). The molecule has 0 unspecified atom stereocenters. The van der Waals surface area contributed by atoms with Crippen LogP contribution in [0.1, 0.15) is 11.1 Å². The van der Waals surface area contributed by atoms with Gasteiger partial charge in [-0.05, 0) is 42.4 Å². The number of benzene rings is 1. The lowest BCUT2D eigenvalue weighted by Gasteiger charge is -2.06. The summed E-state index contributed by atoms with van der Waals surface area (Å²) in [6.07, 6.45) is 3.40. The Morgan fingerprint density at radius 3 is 2.61 bits per heavy atom. The van der Waals surface area contributed by atoms with Crippen molar-refractivity contribution in [2.75, 3.05) is 0 Å². The summed E-state index contributed by atoms with van der Waals surface area (Å²) >= 11 is 1.25. The number of rotatable bonds is 3. The highest BCUT2D eigenvalue weighted by Crippen LogP contribution is 2.28. The van der Waals surface area contributed by atoms with Crippen LogP contribution in [-0.4, -0.2) is 15.8 Å². The van der Waals surface area contributed by atoms with E-state index in [9.17, 15) is 4.39 Å². The van der Waals surface area contributed by atoms with Crippen LogP contribution in [0.3, 0.4) is 0 Å². The van der Waals surface area contributed by atoms with Gasteiger partial charge in [0.25, 0.3) is 0 Å². The van der Waals surface area contributed by atoms with Crippen molar-refractivity contribution in [1.29, 1.82) is 5.41 Å². The van der Waals surface area contributed by atoms with E-state index in [0.717, 1.165) is 5.56 Å². The van der Waals surface area contributed by atoms with Crippen molar-refractivity contribution in [2.24, 2.45) is 5.73 Å². The van der Waals surface area contributed by atoms with E-state index >= 15 is 0 Å². The van der Waals surface area contributed by atoms with E-state index in [4.69, 9.17) is 11.1 Å². The summed E-state index contributed by atoms with van der Waals surface area (Å²) in [7, 11) is 0. The number of nitrogen functional groups attached to an aromatic ring is 1. The first-order chi connectivity index (χ1) is 8.56. The topological polar surface area (TPSA) is 75.7 Å². The second-order valence-corrected chi connectivity index (χ2v) is 4.71. The van der Waals surface area contributed by atoms with Gasteiger partial charge in [-0.25, -0.2) is 14.4 Å². The van der Waals surface area contributed by atoms with Crippen LogP contribution in [0.5, 0.6) is 0 Å². The molecule has 0 saturated carbocycles. The van der Waals surface area contributed by atoms with Crippen molar-refractivity contribution in [1.82, 2.24) is 9.97 Å². The lowest BCUT2D eigenvalue weighted by atomic mass is 10.2. The number of nitrogens with zero attached hydrogens (tertiary/aromatic N) is 2. The third kappa shape index (κ3) is 2.84. The van der Waals surface area contributed by atoms with Crippen molar-refractivity contribution >= 4 is 17.6 Å². The average Bonchev–Trinajstić information content (AvgIpc) is 2.34. The number of hydrogen-bond donors (Lipinski definition) is 2. The average molecular weight is 262 g/mol. The Labute approximate surface area is 108 Å². The SMILES string of the molecule is Cc1cnc(Sc2ccc(F)cc2C(=N)N)nc1. The molecule has 4 nitrogen and oxygen atoms in total. The molecule has 1 heterocycles. The molecular formula is C12H11FN4S. The maximum atomic E-state index is 13.1. The lowest BCUT2D eigenvalue weighted by molar-refractivity contribution is 0.626. The fourth-order valence-corrected chi connectivity index (χ4v) is 2.16. The van der Waals surface area contributed by atoms with Gasteiger partial charge in [0.2, 0.25) is 0 Å². The molecule has 2 aromatic rings. The first kappa shape index (κ1) is 12.5. The second-order valence-electron chi connectivity index (χ2n) is 3.70. The first-order valence-electron chi connectivity index (χ1n) is 5.16. The molecule has 0 bridgehead atoms. The Morgan fingerprint density at radius 1 is 1.33 bits per heavy atom. The van der Waals surface area contributed by atoms with Gasteiger partial charge in [0.05, 0.1) is 0 Å². The van der Waals surface area contributed by atoms with E-state index in [1.54, 1.807) is 18.5 Å². The van der Waals surface area contributed by atoms with Gasteiger partial charge in [0, 0.05) is 22.9 Å². The molecule has 0 saturated heterocycles. The zero-order valence-electron chi connectivity index (χ0n) is 9.64. The van der Waals surface area contributed by atoms with E-state index in [1.807, 2.05) is 6.92 Å². The smallest absolute Gasteiger partial charge is 0.192 e. The minimum absolute atomic E-state index is 0.177. The first-order valence-corrected chi connectivity index (χ1v) is 5.98. The van der Waals surface area contributed by atoms with Gasteiger partial charge in [-0.3, -0.25) is 5.41 Å². The Morgan fingerprint density at radius 2 is 2.00 bits per heavy atom. The number of halogens is 1. The summed E-state index contributed by atoms with van der Waals surface area (Å²) in [5, 5.41) is 7.97. The number of hydrogen-bond acceptors (Lipinski definition) is 4. The van der Waals surface area contributed by atoms with Crippen LogP contribution < -0.4 is 5.73 Å². The van der Waals surface area contributed by atoms with Gasteiger partial charge < -0.3 is 5.73 Å². The van der Waals surface area contributed by atoms with Crippen LogP contribution in [0.15, 0.2) is 40.6 Å². The van der Waals surface area contributed by atoms with Crippen LogP contribution in [0, 0.1) is 18.2 Å². The molecular weight excluding hydrogens is 251 g/mol. The molecule has 0 spiro atoms. The maximum Gasteiger partial charge on any atom is 0.192 e. The highest BCUT2D eigenvalue weighted by atomic mass is 32.2. The van der Waals surface area contributed by atoms with Crippen LogP contribution in [0.2, 0.25) is 0 Å². The normalized spacial score (nSPS) is 10.3. The van der Waals surface area contributed by atoms with Crippen molar-refractivity contribution in [2.45, 2.75) is 17.0 Å². The van der Waals surface area contributed by atoms with Gasteiger partial charge >= 0.3 is 0 Å². The number of amidine groups is 1.